The molecule has 0 unspecified atom stereocenters. The predicted molar refractivity (Wildman–Crippen MR) is 84.0 cm³/mol. The Morgan fingerprint density at radius 1 is 0.679 bits per heavy atom. The van der Waals surface area contributed by atoms with Crippen LogP contribution in [0.3, 0.4) is 0 Å². The molecule has 0 radical (unpaired) electrons. The lowest BCUT2D eigenvalue weighted by molar-refractivity contribution is -0.145. The Morgan fingerprint density at radius 2 is 1.18 bits per heavy atom. The molecule has 158 valence electrons. The van der Waals surface area contributed by atoms with Gasteiger partial charge < -0.3 is 18.9 Å². The highest BCUT2D eigenvalue weighted by Gasteiger charge is 2.28. The van der Waals surface area contributed by atoms with Crippen LogP contribution in [0, 0.1) is 29.1 Å². The Kier molecular flexibility index (Phi) is 10.4. The minimum atomic E-state index is -2.35. The Balaban J connectivity index is 2.23. The maximum Gasteiger partial charge on any atom is 0.313 e. The van der Waals surface area contributed by atoms with Crippen molar-refractivity contribution in [3.8, 4) is 5.75 Å². The molecule has 0 heterocycles. The van der Waals surface area contributed by atoms with Gasteiger partial charge in [0.2, 0.25) is 34.8 Å². The Bertz CT molecular complexity index is 653. The molecule has 0 aliphatic carbocycles. The SMILES string of the molecule is CCCC(=O)OCCOCCOCCC(=O)Oc1c(F)c(F)c(F)c(F)c1F. The molecule has 0 saturated heterocycles. The van der Waals surface area contributed by atoms with E-state index in [4.69, 9.17) is 14.2 Å². The third kappa shape index (κ3) is 7.39. The maximum atomic E-state index is 13.4. The first kappa shape index (κ1) is 23.8. The van der Waals surface area contributed by atoms with Crippen molar-refractivity contribution in [3.63, 3.8) is 0 Å². The molecule has 1 aromatic carbocycles. The lowest BCUT2D eigenvalue weighted by atomic mass is 10.2. The van der Waals surface area contributed by atoms with Crippen LogP contribution in [0.2, 0.25) is 0 Å². The quantitative estimate of drug-likeness (QED) is 0.131. The highest BCUT2D eigenvalue weighted by atomic mass is 19.2. The largest absolute Gasteiger partial charge is 0.463 e. The third-order valence-corrected chi connectivity index (χ3v) is 3.15. The second kappa shape index (κ2) is 12.2. The van der Waals surface area contributed by atoms with Crippen LogP contribution >= 0.6 is 0 Å². The van der Waals surface area contributed by atoms with Crippen molar-refractivity contribution in [2.75, 3.05) is 33.0 Å². The molecule has 0 atom stereocenters. The van der Waals surface area contributed by atoms with E-state index in [9.17, 15) is 31.5 Å². The zero-order valence-corrected chi connectivity index (χ0v) is 15.0. The van der Waals surface area contributed by atoms with E-state index >= 15 is 0 Å². The monoisotopic (exact) mass is 414 g/mol. The number of ether oxygens (including phenoxy) is 4. The average molecular weight is 414 g/mol. The molecular formula is C17H19F5O6. The van der Waals surface area contributed by atoms with Gasteiger partial charge in [-0.15, -0.1) is 0 Å². The molecule has 11 heteroatoms. The van der Waals surface area contributed by atoms with E-state index in [1.165, 1.54) is 0 Å². The van der Waals surface area contributed by atoms with Gasteiger partial charge in [0, 0.05) is 6.42 Å². The van der Waals surface area contributed by atoms with E-state index in [1.807, 2.05) is 6.92 Å². The lowest BCUT2D eigenvalue weighted by Gasteiger charge is -2.09. The Labute approximate surface area is 157 Å². The van der Waals surface area contributed by atoms with Crippen LogP contribution < -0.4 is 4.74 Å². The maximum absolute atomic E-state index is 13.4. The highest BCUT2D eigenvalue weighted by molar-refractivity contribution is 5.72. The fraction of sp³-hybridized carbons (Fsp3) is 0.529. The van der Waals surface area contributed by atoms with E-state index in [1.54, 1.807) is 0 Å². The minimum Gasteiger partial charge on any atom is -0.463 e. The fourth-order valence-electron chi connectivity index (χ4n) is 1.81. The summed E-state index contributed by atoms with van der Waals surface area (Å²) in [6.45, 7) is 2.03. The normalized spacial score (nSPS) is 10.8. The molecule has 0 aliphatic rings. The Hall–Kier alpha value is -2.27. The van der Waals surface area contributed by atoms with Gasteiger partial charge in [-0.2, -0.15) is 8.78 Å². The van der Waals surface area contributed by atoms with Crippen molar-refractivity contribution in [1.82, 2.24) is 0 Å². The van der Waals surface area contributed by atoms with Gasteiger partial charge in [-0.05, 0) is 6.42 Å². The van der Waals surface area contributed by atoms with Crippen LogP contribution in [0.25, 0.3) is 0 Å². The van der Waals surface area contributed by atoms with Crippen molar-refractivity contribution in [3.05, 3.63) is 29.1 Å². The van der Waals surface area contributed by atoms with E-state index in [0.717, 1.165) is 0 Å². The smallest absolute Gasteiger partial charge is 0.313 e. The van der Waals surface area contributed by atoms with E-state index < -0.39 is 47.2 Å². The molecule has 1 rings (SSSR count). The van der Waals surface area contributed by atoms with Gasteiger partial charge >= 0.3 is 11.9 Å². The van der Waals surface area contributed by atoms with Gasteiger partial charge in [-0.25, -0.2) is 13.2 Å². The molecule has 1 aromatic rings. The van der Waals surface area contributed by atoms with Crippen molar-refractivity contribution in [2.24, 2.45) is 0 Å². The zero-order valence-electron chi connectivity index (χ0n) is 15.0. The first-order valence-electron chi connectivity index (χ1n) is 8.32. The molecule has 0 N–H and O–H groups in total. The topological polar surface area (TPSA) is 71.1 Å². The Morgan fingerprint density at radius 3 is 1.75 bits per heavy atom. The van der Waals surface area contributed by atoms with Crippen molar-refractivity contribution in [1.29, 1.82) is 0 Å². The summed E-state index contributed by atoms with van der Waals surface area (Å²) in [5.41, 5.74) is 0. The average Bonchev–Trinajstić information content (AvgIpc) is 2.67. The highest BCUT2D eigenvalue weighted by Crippen LogP contribution is 2.29. The molecule has 0 aliphatic heterocycles. The number of rotatable bonds is 12. The molecule has 0 aromatic heterocycles. The summed E-state index contributed by atoms with van der Waals surface area (Å²) in [6.07, 6.45) is 0.513. The van der Waals surface area contributed by atoms with Crippen LogP contribution in [-0.4, -0.2) is 45.0 Å². The second-order valence-electron chi connectivity index (χ2n) is 5.32. The molecule has 0 amide bonds. The number of carbonyl (C=O) groups excluding carboxylic acids is 2. The van der Waals surface area contributed by atoms with Gasteiger partial charge in [0.1, 0.15) is 6.61 Å². The first-order valence-corrected chi connectivity index (χ1v) is 8.32. The summed E-state index contributed by atoms with van der Waals surface area (Å²) in [5, 5.41) is 0. The number of halogens is 5. The van der Waals surface area contributed by atoms with Gasteiger partial charge in [0.25, 0.3) is 0 Å². The molecule has 6 nitrogen and oxygen atoms in total. The van der Waals surface area contributed by atoms with Gasteiger partial charge in [0.05, 0.1) is 32.8 Å². The van der Waals surface area contributed by atoms with Gasteiger partial charge in [0.15, 0.2) is 0 Å². The standard InChI is InChI=1S/C17H19F5O6/c1-2-3-10(23)27-9-8-26-7-6-25-5-4-11(24)28-17-15(21)13(19)12(18)14(20)16(17)22/h2-9H2,1H3. The van der Waals surface area contributed by atoms with E-state index in [0.29, 0.717) is 12.8 Å². The number of hydrogen-bond donors (Lipinski definition) is 0. The molecule has 0 spiro atoms. The van der Waals surface area contributed by atoms with Gasteiger partial charge in [-0.1, -0.05) is 6.92 Å². The fourth-order valence-corrected chi connectivity index (χ4v) is 1.81. The van der Waals surface area contributed by atoms with Crippen molar-refractivity contribution >= 4 is 11.9 Å². The van der Waals surface area contributed by atoms with Crippen LogP contribution in [0.5, 0.6) is 5.75 Å². The molecule has 0 bridgehead atoms. The van der Waals surface area contributed by atoms with Gasteiger partial charge in [-0.3, -0.25) is 9.59 Å². The lowest BCUT2D eigenvalue weighted by Crippen LogP contribution is -2.16. The van der Waals surface area contributed by atoms with E-state index in [-0.39, 0.29) is 39.0 Å². The van der Waals surface area contributed by atoms with Crippen LogP contribution in [-0.2, 0) is 23.8 Å². The summed E-state index contributed by atoms with van der Waals surface area (Å²) >= 11 is 0. The molecular weight excluding hydrogens is 395 g/mol. The number of benzene rings is 1. The van der Waals surface area contributed by atoms with Crippen molar-refractivity contribution < 1.29 is 50.5 Å². The summed E-state index contributed by atoms with van der Waals surface area (Å²) in [4.78, 5) is 22.5. The van der Waals surface area contributed by atoms with Crippen LogP contribution in [0.4, 0.5) is 22.0 Å². The summed E-state index contributed by atoms with van der Waals surface area (Å²) in [7, 11) is 0. The number of esters is 2. The number of hydrogen-bond acceptors (Lipinski definition) is 6. The minimum absolute atomic E-state index is 0.0543. The number of carbonyl (C=O) groups is 2. The summed E-state index contributed by atoms with van der Waals surface area (Å²) in [6, 6.07) is 0. The summed E-state index contributed by atoms with van der Waals surface area (Å²) in [5.74, 6) is -14.5. The van der Waals surface area contributed by atoms with Crippen LogP contribution in [0.15, 0.2) is 0 Å². The van der Waals surface area contributed by atoms with E-state index in [2.05, 4.69) is 4.74 Å². The molecule has 0 fully saturated rings. The first-order chi connectivity index (χ1) is 13.3. The van der Waals surface area contributed by atoms with Crippen LogP contribution in [0.1, 0.15) is 26.2 Å². The summed E-state index contributed by atoms with van der Waals surface area (Å²) < 4.78 is 84.8. The zero-order chi connectivity index (χ0) is 21.1. The molecule has 0 saturated carbocycles. The van der Waals surface area contributed by atoms with Crippen molar-refractivity contribution in [2.45, 2.75) is 26.2 Å². The molecule has 28 heavy (non-hydrogen) atoms. The second-order valence-corrected chi connectivity index (χ2v) is 5.32. The third-order valence-electron chi connectivity index (χ3n) is 3.15. The predicted octanol–water partition coefficient (Wildman–Crippen LogP) is 3.05.